The number of carbonyl (C=O) groups excluding carboxylic acids is 1. The van der Waals surface area contributed by atoms with Gasteiger partial charge in [-0.15, -0.1) is 15.3 Å². The Morgan fingerprint density at radius 3 is 2.95 bits per heavy atom. The summed E-state index contributed by atoms with van der Waals surface area (Å²) < 4.78 is 1.54. The third-order valence-corrected chi connectivity index (χ3v) is 2.82. The Morgan fingerprint density at radius 2 is 2.09 bits per heavy atom. The van der Waals surface area contributed by atoms with Crippen molar-refractivity contribution in [3.63, 3.8) is 0 Å². The van der Waals surface area contributed by atoms with Crippen molar-refractivity contribution in [1.82, 2.24) is 25.1 Å². The lowest BCUT2D eigenvalue weighted by atomic mass is 10.2. The summed E-state index contributed by atoms with van der Waals surface area (Å²) in [5, 5.41) is 18.5. The van der Waals surface area contributed by atoms with Crippen LogP contribution in [0.1, 0.15) is 10.4 Å². The standard InChI is InChI=1S/C14H13N7O/c22-14(11-4-2-1-3-5-11)15-8-9-16-18-12-6-7-13-19-17-10-21(13)20-12/h1-7,9-10H,8H2,(H,15,22)(H,18,20)/b16-9+. The second-order valence-corrected chi connectivity index (χ2v) is 4.35. The third-order valence-electron chi connectivity index (χ3n) is 2.82. The number of rotatable bonds is 5. The number of aromatic nitrogens is 4. The molecule has 0 saturated heterocycles. The largest absolute Gasteiger partial charge is 0.347 e. The van der Waals surface area contributed by atoms with Gasteiger partial charge in [-0.2, -0.15) is 9.62 Å². The Morgan fingerprint density at radius 1 is 1.23 bits per heavy atom. The smallest absolute Gasteiger partial charge is 0.251 e. The van der Waals surface area contributed by atoms with E-state index in [9.17, 15) is 4.79 Å². The van der Waals surface area contributed by atoms with Crippen molar-refractivity contribution in [2.24, 2.45) is 5.10 Å². The molecule has 3 aromatic rings. The van der Waals surface area contributed by atoms with Crippen LogP contribution < -0.4 is 10.7 Å². The Balaban J connectivity index is 1.49. The summed E-state index contributed by atoms with van der Waals surface area (Å²) in [6.45, 7) is 0.315. The third kappa shape index (κ3) is 3.23. The molecule has 0 atom stereocenters. The molecule has 0 spiro atoms. The Labute approximate surface area is 125 Å². The summed E-state index contributed by atoms with van der Waals surface area (Å²) in [5.74, 6) is 0.411. The fraction of sp³-hybridized carbons (Fsp3) is 0.0714. The van der Waals surface area contributed by atoms with E-state index in [0.717, 1.165) is 0 Å². The van der Waals surface area contributed by atoms with E-state index in [1.54, 1.807) is 30.5 Å². The number of nitrogens with zero attached hydrogens (tertiary/aromatic N) is 5. The van der Waals surface area contributed by atoms with Crippen LogP contribution in [-0.4, -0.2) is 38.5 Å². The molecule has 8 heteroatoms. The minimum Gasteiger partial charge on any atom is -0.347 e. The number of hydrogen-bond acceptors (Lipinski definition) is 6. The molecule has 0 aliphatic rings. The normalized spacial score (nSPS) is 10.9. The minimum absolute atomic E-state index is 0.143. The molecule has 2 heterocycles. The zero-order valence-corrected chi connectivity index (χ0v) is 11.5. The molecular formula is C14H13N7O. The lowest BCUT2D eigenvalue weighted by molar-refractivity contribution is 0.0959. The summed E-state index contributed by atoms with van der Waals surface area (Å²) in [7, 11) is 0. The van der Waals surface area contributed by atoms with E-state index < -0.39 is 0 Å². The zero-order valence-electron chi connectivity index (χ0n) is 11.5. The lowest BCUT2D eigenvalue weighted by Gasteiger charge is -2.02. The van der Waals surface area contributed by atoms with Gasteiger partial charge in [-0.25, -0.2) is 0 Å². The first-order chi connectivity index (χ1) is 10.8. The number of nitrogens with one attached hydrogen (secondary N) is 2. The molecular weight excluding hydrogens is 282 g/mol. The van der Waals surface area contributed by atoms with Gasteiger partial charge in [0.1, 0.15) is 6.33 Å². The summed E-state index contributed by atoms with van der Waals surface area (Å²) >= 11 is 0. The molecule has 0 radical (unpaired) electrons. The minimum atomic E-state index is -0.143. The number of hydrazone groups is 1. The van der Waals surface area contributed by atoms with E-state index in [4.69, 9.17) is 0 Å². The van der Waals surface area contributed by atoms with E-state index in [1.165, 1.54) is 10.8 Å². The van der Waals surface area contributed by atoms with Gasteiger partial charge in [0.15, 0.2) is 11.5 Å². The molecule has 0 fully saturated rings. The van der Waals surface area contributed by atoms with Gasteiger partial charge in [-0.3, -0.25) is 10.2 Å². The van der Waals surface area contributed by atoms with Gasteiger partial charge in [0.2, 0.25) is 0 Å². The highest BCUT2D eigenvalue weighted by atomic mass is 16.1. The molecule has 0 bridgehead atoms. The van der Waals surface area contributed by atoms with Crippen molar-refractivity contribution < 1.29 is 4.79 Å². The van der Waals surface area contributed by atoms with Gasteiger partial charge in [0.05, 0.1) is 6.54 Å². The fourth-order valence-electron chi connectivity index (χ4n) is 1.78. The molecule has 2 aromatic heterocycles. The van der Waals surface area contributed by atoms with Crippen LogP contribution >= 0.6 is 0 Å². The van der Waals surface area contributed by atoms with Crippen LogP contribution in [0, 0.1) is 0 Å². The molecule has 2 N–H and O–H groups in total. The average Bonchev–Trinajstić information content (AvgIpc) is 3.03. The van der Waals surface area contributed by atoms with Crippen molar-refractivity contribution >= 4 is 23.6 Å². The Bertz CT molecular complexity index is 797. The molecule has 110 valence electrons. The van der Waals surface area contributed by atoms with Crippen LogP contribution in [0.3, 0.4) is 0 Å². The van der Waals surface area contributed by atoms with Crippen molar-refractivity contribution in [1.29, 1.82) is 0 Å². The van der Waals surface area contributed by atoms with E-state index in [-0.39, 0.29) is 5.91 Å². The SMILES string of the molecule is O=C(NC/C=N/Nc1ccc2nncn2n1)c1ccccc1. The fourth-order valence-corrected chi connectivity index (χ4v) is 1.78. The predicted octanol–water partition coefficient (Wildman–Crippen LogP) is 0.952. The topological polar surface area (TPSA) is 96.6 Å². The highest BCUT2D eigenvalue weighted by Crippen LogP contribution is 2.03. The Hall–Kier alpha value is -3.29. The van der Waals surface area contributed by atoms with E-state index in [0.29, 0.717) is 23.6 Å². The lowest BCUT2D eigenvalue weighted by Crippen LogP contribution is -2.25. The number of fused-ring (bicyclic) bond motifs is 1. The zero-order chi connectivity index (χ0) is 15.2. The van der Waals surface area contributed by atoms with Crippen LogP contribution in [0.2, 0.25) is 0 Å². The predicted molar refractivity (Wildman–Crippen MR) is 81.7 cm³/mol. The maximum atomic E-state index is 11.8. The van der Waals surface area contributed by atoms with Gasteiger partial charge in [-0.1, -0.05) is 18.2 Å². The van der Waals surface area contributed by atoms with Crippen molar-refractivity contribution in [2.45, 2.75) is 0 Å². The Kier molecular flexibility index (Phi) is 4.01. The quantitative estimate of drug-likeness (QED) is 0.539. The second kappa shape index (κ2) is 6.44. The first-order valence-electron chi connectivity index (χ1n) is 6.61. The first-order valence-corrected chi connectivity index (χ1v) is 6.61. The first kappa shape index (κ1) is 13.7. The van der Waals surface area contributed by atoms with Crippen LogP contribution in [0.15, 0.2) is 53.9 Å². The van der Waals surface area contributed by atoms with Gasteiger partial charge in [-0.05, 0) is 24.3 Å². The van der Waals surface area contributed by atoms with E-state index in [2.05, 4.69) is 31.1 Å². The van der Waals surface area contributed by atoms with Gasteiger partial charge < -0.3 is 5.32 Å². The van der Waals surface area contributed by atoms with Crippen LogP contribution in [0.4, 0.5) is 5.82 Å². The van der Waals surface area contributed by atoms with Gasteiger partial charge in [0.25, 0.3) is 5.91 Å². The molecule has 1 aromatic carbocycles. The van der Waals surface area contributed by atoms with Gasteiger partial charge in [0, 0.05) is 11.8 Å². The maximum absolute atomic E-state index is 11.8. The van der Waals surface area contributed by atoms with Crippen LogP contribution in [0.5, 0.6) is 0 Å². The van der Waals surface area contributed by atoms with E-state index in [1.807, 2.05) is 18.2 Å². The number of amides is 1. The van der Waals surface area contributed by atoms with Crippen molar-refractivity contribution in [3.8, 4) is 0 Å². The monoisotopic (exact) mass is 295 g/mol. The molecule has 0 unspecified atom stereocenters. The highest BCUT2D eigenvalue weighted by molar-refractivity contribution is 5.95. The number of carbonyl (C=O) groups is 1. The molecule has 3 rings (SSSR count). The molecule has 1 amide bonds. The summed E-state index contributed by atoms with van der Waals surface area (Å²) in [6, 6.07) is 12.5. The number of benzene rings is 1. The van der Waals surface area contributed by atoms with Crippen molar-refractivity contribution in [3.05, 3.63) is 54.4 Å². The summed E-state index contributed by atoms with van der Waals surface area (Å²) in [4.78, 5) is 11.8. The van der Waals surface area contributed by atoms with Crippen LogP contribution in [-0.2, 0) is 0 Å². The maximum Gasteiger partial charge on any atom is 0.251 e. The number of anilines is 1. The van der Waals surface area contributed by atoms with Crippen LogP contribution in [0.25, 0.3) is 5.65 Å². The molecule has 22 heavy (non-hydrogen) atoms. The summed E-state index contributed by atoms with van der Waals surface area (Å²) in [6.07, 6.45) is 3.06. The highest BCUT2D eigenvalue weighted by Gasteiger charge is 2.01. The summed E-state index contributed by atoms with van der Waals surface area (Å²) in [5.41, 5.74) is 4.04. The molecule has 0 saturated carbocycles. The number of hydrogen-bond donors (Lipinski definition) is 2. The van der Waals surface area contributed by atoms with Gasteiger partial charge >= 0.3 is 0 Å². The van der Waals surface area contributed by atoms with E-state index >= 15 is 0 Å². The molecule has 0 aliphatic carbocycles. The molecule has 0 aliphatic heterocycles. The molecule has 8 nitrogen and oxygen atoms in total. The average molecular weight is 295 g/mol. The van der Waals surface area contributed by atoms with Crippen molar-refractivity contribution in [2.75, 3.05) is 12.0 Å². The second-order valence-electron chi connectivity index (χ2n) is 4.35.